The van der Waals surface area contributed by atoms with Crippen LogP contribution in [0.2, 0.25) is 0 Å². The maximum absolute atomic E-state index is 12.8. The molecule has 0 aliphatic carbocycles. The zero-order valence-electron chi connectivity index (χ0n) is 51.5. The number of nitrogens with two attached hydrogens (primary N) is 3. The smallest absolute Gasteiger partial charge is 0.377 e. The van der Waals surface area contributed by atoms with E-state index in [0.29, 0.717) is 77.4 Å². The fourth-order valence-corrected chi connectivity index (χ4v) is 6.43. The Morgan fingerprint density at radius 3 is 1.36 bits per heavy atom. The van der Waals surface area contributed by atoms with Crippen LogP contribution in [0.15, 0.2) is 12.3 Å². The summed E-state index contributed by atoms with van der Waals surface area (Å²) in [7, 11) is 1.95. The van der Waals surface area contributed by atoms with E-state index in [9.17, 15) is 47.9 Å². The van der Waals surface area contributed by atoms with Gasteiger partial charge in [0.1, 0.15) is 36.6 Å². The summed E-state index contributed by atoms with van der Waals surface area (Å²) < 4.78 is 21.4. The van der Waals surface area contributed by atoms with E-state index in [2.05, 4.69) is 82.2 Å². The standard InChI is InChI=1S/C41H76N10O13.C5H12N.C4H10S.C3H6O.C3H3.K/c1-30(52)26-49-32(39(43)58)10-4-7-16-45-37(56)28-63-24-23-62-21-19-47-38(57)29-64-25-22-61-20-18-46-35(54)13-9-14-36(55)51-34(12-3-6-15-42)41(60)48-17-8-5-11-33(40(44)59)50-27-31(2)53;1-3-4-5-6-2;1-2-3-4-5;1-3(2)4;1-3-2;/h32-34,49-50H,3-29,42H2,1-2H3,(H2,43,58)(H2,44,59)(H,45,56)(H,46,54)(H,47,57)(H,48,60)(H,51,55);6H,1,3-5H2,2H3;5H,2-4H2,1H3;1-2H3;1H,2H2;/q;-1;;;-1;+1/t32-,33+,34-;;;;;/m0...../s1. The average Bonchev–Trinajstić information content (AvgIpc) is 3.41. The van der Waals surface area contributed by atoms with Crippen molar-refractivity contribution < 1.29 is 118 Å². The Labute approximate surface area is 544 Å². The van der Waals surface area contributed by atoms with Gasteiger partial charge in [-0.2, -0.15) is 19.0 Å². The molecule has 0 saturated heterocycles. The van der Waals surface area contributed by atoms with E-state index in [1.807, 2.05) is 12.8 Å². The summed E-state index contributed by atoms with van der Waals surface area (Å²) in [5.41, 5.74) is 18.3. The van der Waals surface area contributed by atoms with Gasteiger partial charge in [0.25, 0.3) is 0 Å². The average molecular weight is 1230 g/mol. The van der Waals surface area contributed by atoms with Crippen molar-refractivity contribution in [3.05, 3.63) is 25.8 Å². The van der Waals surface area contributed by atoms with E-state index < -0.39 is 29.9 Å². The molecule has 0 radical (unpaired) electrons. The van der Waals surface area contributed by atoms with Crippen molar-refractivity contribution in [1.82, 2.24) is 42.5 Å². The van der Waals surface area contributed by atoms with E-state index in [1.54, 1.807) is 0 Å². The monoisotopic (exact) mass is 1230 g/mol. The van der Waals surface area contributed by atoms with Gasteiger partial charge in [0.15, 0.2) is 0 Å². The van der Waals surface area contributed by atoms with Crippen molar-refractivity contribution >= 4 is 71.3 Å². The number of unbranched alkanes of at least 4 members (excludes halogenated alkanes) is 5. The minimum Gasteiger partial charge on any atom is -0.377 e. The number of hydrogen-bond donors (Lipinski definition) is 12. The number of nitrogens with one attached hydrogen (secondary N) is 8. The van der Waals surface area contributed by atoms with Crippen LogP contribution in [0, 0.1) is 13.5 Å². The van der Waals surface area contributed by atoms with Crippen LogP contribution in [-0.2, 0) is 66.9 Å². The van der Waals surface area contributed by atoms with Gasteiger partial charge in [0, 0.05) is 39.0 Å². The van der Waals surface area contributed by atoms with Crippen LogP contribution < -0.4 is 111 Å². The SMILES string of the molecule is CC(=O)CN[C@@H](CCCCNC(=O)COCCOCCNC(=O)COCCOCCNC(=O)CCCC(=O)N[C@@H](CCCCN)C(=O)NCCCC[C@@H](NCC(C)=O)C(N)=O)C(N)=O.CC(C)=O.CCCCS.[CH-]=C=C.[CH2-]CCCNC.[K+]. The molecule has 0 heterocycles. The number of Topliss-reactive ketones (excluding diaryl/α,β-unsaturated/α-hetero) is 3. The molecule has 0 aliphatic heterocycles. The summed E-state index contributed by atoms with van der Waals surface area (Å²) in [5.74, 6) is -1.63. The number of ketones is 3. The maximum atomic E-state index is 12.8. The number of hydrogen-bond acceptors (Lipinski definition) is 19. The van der Waals surface area contributed by atoms with Crippen LogP contribution in [0.1, 0.15) is 137 Å². The predicted molar refractivity (Wildman–Crippen MR) is 322 cm³/mol. The maximum Gasteiger partial charge on any atom is 1.00 e. The Kier molecular flexibility index (Phi) is 77.5. The van der Waals surface area contributed by atoms with E-state index >= 15 is 0 Å². The molecule has 3 atom stereocenters. The molecule has 27 heteroatoms. The second-order valence-electron chi connectivity index (χ2n) is 18.5. The summed E-state index contributed by atoms with van der Waals surface area (Å²) in [6.07, 6.45) is 10.2. The molecule has 83 heavy (non-hydrogen) atoms. The van der Waals surface area contributed by atoms with Crippen molar-refractivity contribution in [1.29, 1.82) is 0 Å². The van der Waals surface area contributed by atoms with E-state index in [4.69, 9.17) is 36.1 Å². The van der Waals surface area contributed by atoms with Crippen LogP contribution in [0.4, 0.5) is 0 Å². The Bertz CT molecular complexity index is 1710. The number of primary amides is 2. The van der Waals surface area contributed by atoms with Crippen molar-refractivity contribution in [3.8, 4) is 0 Å². The molecule has 0 unspecified atom stereocenters. The molecular weight excluding hydrogens is 1120 g/mol. The number of amides is 7. The van der Waals surface area contributed by atoms with Crippen molar-refractivity contribution in [2.24, 2.45) is 17.2 Å². The molecule has 0 aromatic rings. The Morgan fingerprint density at radius 1 is 0.566 bits per heavy atom. The minimum atomic E-state index is -0.752. The van der Waals surface area contributed by atoms with E-state index in [0.717, 1.165) is 18.7 Å². The minimum absolute atomic E-state index is 0. The summed E-state index contributed by atoms with van der Waals surface area (Å²) in [6, 6.07) is -1.98. The molecule has 0 bridgehead atoms. The third-order valence-electron chi connectivity index (χ3n) is 10.3. The molecular formula is C56H107KN11O14S-. The summed E-state index contributed by atoms with van der Waals surface area (Å²) in [4.78, 5) is 116. The first-order valence-corrected chi connectivity index (χ1v) is 28.9. The van der Waals surface area contributed by atoms with Crippen molar-refractivity contribution in [2.75, 3.05) is 118 Å². The van der Waals surface area contributed by atoms with Gasteiger partial charge in [-0.15, -0.1) is 0 Å². The summed E-state index contributed by atoms with van der Waals surface area (Å²) in [5, 5.41) is 22.3. The van der Waals surface area contributed by atoms with Crippen LogP contribution in [0.5, 0.6) is 0 Å². The third-order valence-corrected chi connectivity index (χ3v) is 10.6. The Morgan fingerprint density at radius 2 is 0.976 bits per heavy atom. The molecule has 0 saturated carbocycles. The van der Waals surface area contributed by atoms with Crippen LogP contribution in [0.25, 0.3) is 0 Å². The molecule has 7 amide bonds. The van der Waals surface area contributed by atoms with E-state index in [1.165, 1.54) is 47.0 Å². The number of thiol groups is 1. The normalized spacial score (nSPS) is 11.1. The van der Waals surface area contributed by atoms with Gasteiger partial charge in [-0.1, -0.05) is 19.8 Å². The second kappa shape index (κ2) is 71.0. The van der Waals surface area contributed by atoms with Gasteiger partial charge in [0.05, 0.1) is 64.8 Å². The topological polar surface area (TPSA) is 382 Å². The summed E-state index contributed by atoms with van der Waals surface area (Å²) in [6.45, 7) is 23.1. The molecule has 478 valence electrons. The van der Waals surface area contributed by atoms with Crippen molar-refractivity contribution in [2.45, 2.75) is 155 Å². The Balaban J connectivity index is -0.000000673. The van der Waals surface area contributed by atoms with Gasteiger partial charge in [-0.3, -0.25) is 53.8 Å². The van der Waals surface area contributed by atoms with Crippen molar-refractivity contribution in [3.63, 3.8) is 0 Å². The molecule has 25 nitrogen and oxygen atoms in total. The molecule has 0 spiro atoms. The first-order chi connectivity index (χ1) is 39.1. The fraction of sp³-hybridized carbons (Fsp3) is 0.750. The molecule has 0 fully saturated rings. The van der Waals surface area contributed by atoms with Gasteiger partial charge in [0.2, 0.25) is 41.4 Å². The molecule has 0 aromatic heterocycles. The zero-order chi connectivity index (χ0) is 63.0. The Hall–Kier alpha value is -3.51. The second-order valence-corrected chi connectivity index (χ2v) is 18.9. The first-order valence-electron chi connectivity index (χ1n) is 28.3. The quantitative estimate of drug-likeness (QED) is 0.00994. The van der Waals surface area contributed by atoms with Crippen LogP contribution >= 0.6 is 12.6 Å². The molecule has 0 rings (SSSR count). The van der Waals surface area contributed by atoms with Crippen LogP contribution in [-0.4, -0.2) is 195 Å². The number of carbonyl (C=O) groups is 10. The fourth-order valence-electron chi connectivity index (χ4n) is 6.12. The number of carbonyl (C=O) groups excluding carboxylic acids is 10. The van der Waals surface area contributed by atoms with Crippen LogP contribution in [0.3, 0.4) is 0 Å². The zero-order valence-corrected chi connectivity index (χ0v) is 55.5. The van der Waals surface area contributed by atoms with E-state index in [-0.39, 0.29) is 197 Å². The molecule has 0 aromatic carbocycles. The van der Waals surface area contributed by atoms with Gasteiger partial charge in [-0.05, 0) is 124 Å². The third kappa shape index (κ3) is 78.5. The van der Waals surface area contributed by atoms with Gasteiger partial charge in [-0.25, -0.2) is 13.2 Å². The number of ether oxygens (including phenoxy) is 4. The number of rotatable bonds is 49. The largest absolute Gasteiger partial charge is 1.00 e. The molecule has 0 aliphatic rings. The first kappa shape index (κ1) is 90.7. The van der Waals surface area contributed by atoms with Gasteiger partial charge < -0.3 is 85.5 Å². The van der Waals surface area contributed by atoms with Gasteiger partial charge >= 0.3 is 51.4 Å². The summed E-state index contributed by atoms with van der Waals surface area (Å²) >= 11 is 4.00. The predicted octanol–water partition coefficient (Wildman–Crippen LogP) is -2.40. The molecule has 14 N–H and O–H groups in total.